The number of methoxy groups -OCH3 is 1. The first kappa shape index (κ1) is 11.8. The molecule has 0 heterocycles. The summed E-state index contributed by atoms with van der Waals surface area (Å²) < 4.78 is 10.8. The lowest BCUT2D eigenvalue weighted by molar-refractivity contribution is 0.409. The highest BCUT2D eigenvalue weighted by molar-refractivity contribution is 6.32. The molecular formula is C14H13ClO2. The van der Waals surface area contributed by atoms with Gasteiger partial charge in [-0.1, -0.05) is 29.3 Å². The number of ether oxygens (including phenoxy) is 2. The zero-order valence-electron chi connectivity index (χ0n) is 9.74. The zero-order valence-corrected chi connectivity index (χ0v) is 10.5. The van der Waals surface area contributed by atoms with Crippen molar-refractivity contribution in [2.45, 2.75) is 6.92 Å². The van der Waals surface area contributed by atoms with Gasteiger partial charge in [0.1, 0.15) is 17.2 Å². The van der Waals surface area contributed by atoms with Gasteiger partial charge in [-0.05, 0) is 31.2 Å². The van der Waals surface area contributed by atoms with E-state index < -0.39 is 0 Å². The summed E-state index contributed by atoms with van der Waals surface area (Å²) in [6, 6.07) is 13.2. The molecule has 2 aromatic carbocycles. The molecule has 0 spiro atoms. The summed E-state index contributed by atoms with van der Waals surface area (Å²) in [7, 11) is 1.58. The van der Waals surface area contributed by atoms with E-state index in [1.54, 1.807) is 19.2 Å². The lowest BCUT2D eigenvalue weighted by Gasteiger charge is -2.08. The number of halogens is 1. The van der Waals surface area contributed by atoms with Crippen LogP contribution in [0.15, 0.2) is 42.5 Å². The Hall–Kier alpha value is -1.67. The van der Waals surface area contributed by atoms with Gasteiger partial charge in [-0.25, -0.2) is 0 Å². The Kier molecular flexibility index (Phi) is 3.55. The lowest BCUT2D eigenvalue weighted by Crippen LogP contribution is -1.87. The van der Waals surface area contributed by atoms with E-state index in [-0.39, 0.29) is 0 Å². The molecule has 0 aliphatic heterocycles. The minimum absolute atomic E-state index is 0.573. The summed E-state index contributed by atoms with van der Waals surface area (Å²) in [6.07, 6.45) is 0. The van der Waals surface area contributed by atoms with Crippen molar-refractivity contribution in [3.63, 3.8) is 0 Å². The number of hydrogen-bond acceptors (Lipinski definition) is 2. The molecule has 0 radical (unpaired) electrons. The molecule has 2 rings (SSSR count). The quantitative estimate of drug-likeness (QED) is 0.799. The average molecular weight is 249 g/mol. The Bertz CT molecular complexity index is 506. The van der Waals surface area contributed by atoms with E-state index in [9.17, 15) is 0 Å². The number of aryl methyl sites for hydroxylation is 1. The van der Waals surface area contributed by atoms with Crippen LogP contribution in [0.5, 0.6) is 17.2 Å². The van der Waals surface area contributed by atoms with Crippen LogP contribution in [0.2, 0.25) is 5.02 Å². The highest BCUT2D eigenvalue weighted by atomic mass is 35.5. The topological polar surface area (TPSA) is 18.5 Å². The van der Waals surface area contributed by atoms with Crippen LogP contribution in [-0.2, 0) is 0 Å². The molecule has 0 unspecified atom stereocenters. The Labute approximate surface area is 106 Å². The molecule has 0 atom stereocenters. The van der Waals surface area contributed by atoms with Gasteiger partial charge in [0.15, 0.2) is 0 Å². The highest BCUT2D eigenvalue weighted by Crippen LogP contribution is 2.31. The maximum atomic E-state index is 5.94. The fourth-order valence-electron chi connectivity index (χ4n) is 1.45. The monoisotopic (exact) mass is 248 g/mol. The molecule has 2 nitrogen and oxygen atoms in total. The van der Waals surface area contributed by atoms with Crippen LogP contribution in [0.3, 0.4) is 0 Å². The van der Waals surface area contributed by atoms with Crippen molar-refractivity contribution in [1.82, 2.24) is 0 Å². The maximum Gasteiger partial charge on any atom is 0.141 e. The van der Waals surface area contributed by atoms with E-state index in [4.69, 9.17) is 21.1 Å². The number of hydrogen-bond donors (Lipinski definition) is 0. The highest BCUT2D eigenvalue weighted by Gasteiger charge is 2.03. The molecule has 0 aromatic heterocycles. The predicted molar refractivity (Wildman–Crippen MR) is 69.3 cm³/mol. The first-order valence-corrected chi connectivity index (χ1v) is 5.65. The van der Waals surface area contributed by atoms with Crippen molar-refractivity contribution in [3.05, 3.63) is 53.1 Å². The van der Waals surface area contributed by atoms with Crippen molar-refractivity contribution in [2.75, 3.05) is 7.11 Å². The van der Waals surface area contributed by atoms with E-state index in [0.717, 1.165) is 5.75 Å². The zero-order chi connectivity index (χ0) is 12.3. The second-order valence-corrected chi connectivity index (χ2v) is 4.12. The van der Waals surface area contributed by atoms with Gasteiger partial charge in [0.2, 0.25) is 0 Å². The summed E-state index contributed by atoms with van der Waals surface area (Å²) in [5.74, 6) is 2.10. The Morgan fingerprint density at radius 2 is 1.59 bits per heavy atom. The number of benzene rings is 2. The molecular weight excluding hydrogens is 236 g/mol. The Morgan fingerprint density at radius 3 is 2.24 bits per heavy atom. The summed E-state index contributed by atoms with van der Waals surface area (Å²) in [4.78, 5) is 0. The second kappa shape index (κ2) is 5.11. The minimum Gasteiger partial charge on any atom is -0.495 e. The molecule has 0 saturated heterocycles. The van der Waals surface area contributed by atoms with E-state index in [1.165, 1.54) is 5.56 Å². The molecule has 0 fully saturated rings. The van der Waals surface area contributed by atoms with Crippen molar-refractivity contribution < 1.29 is 9.47 Å². The standard InChI is InChI=1S/C14H13ClO2/c1-10-3-5-11(6-4-10)17-12-7-8-13(15)14(9-12)16-2/h3-9H,1-2H3. The molecule has 3 heteroatoms. The third-order valence-corrected chi connectivity index (χ3v) is 2.69. The van der Waals surface area contributed by atoms with E-state index in [2.05, 4.69) is 0 Å². The molecule has 17 heavy (non-hydrogen) atoms. The van der Waals surface area contributed by atoms with Crippen LogP contribution in [0.4, 0.5) is 0 Å². The van der Waals surface area contributed by atoms with Gasteiger partial charge in [0.05, 0.1) is 12.1 Å². The second-order valence-electron chi connectivity index (χ2n) is 3.71. The summed E-state index contributed by atoms with van der Waals surface area (Å²) in [6.45, 7) is 2.04. The van der Waals surface area contributed by atoms with Gasteiger partial charge in [0.25, 0.3) is 0 Å². The third-order valence-electron chi connectivity index (χ3n) is 2.38. The smallest absolute Gasteiger partial charge is 0.141 e. The summed E-state index contributed by atoms with van der Waals surface area (Å²) >= 11 is 5.94. The van der Waals surface area contributed by atoms with Crippen LogP contribution in [-0.4, -0.2) is 7.11 Å². The molecule has 0 bridgehead atoms. The molecule has 0 amide bonds. The first-order valence-electron chi connectivity index (χ1n) is 5.27. The van der Waals surface area contributed by atoms with Crippen LogP contribution < -0.4 is 9.47 Å². The van der Waals surface area contributed by atoms with Crippen molar-refractivity contribution in [1.29, 1.82) is 0 Å². The normalized spacial score (nSPS) is 10.1. The van der Waals surface area contributed by atoms with E-state index in [0.29, 0.717) is 16.5 Å². The van der Waals surface area contributed by atoms with Crippen LogP contribution in [0.25, 0.3) is 0 Å². The molecule has 2 aromatic rings. The largest absolute Gasteiger partial charge is 0.495 e. The Morgan fingerprint density at radius 1 is 0.941 bits per heavy atom. The van der Waals surface area contributed by atoms with Crippen molar-refractivity contribution >= 4 is 11.6 Å². The third kappa shape index (κ3) is 2.92. The SMILES string of the molecule is COc1cc(Oc2ccc(C)cc2)ccc1Cl. The van der Waals surface area contributed by atoms with Gasteiger partial charge in [0, 0.05) is 6.07 Å². The van der Waals surface area contributed by atoms with Gasteiger partial charge in [-0.2, -0.15) is 0 Å². The molecule has 0 aliphatic carbocycles. The fraction of sp³-hybridized carbons (Fsp3) is 0.143. The van der Waals surface area contributed by atoms with Crippen LogP contribution >= 0.6 is 11.6 Å². The summed E-state index contributed by atoms with van der Waals surface area (Å²) in [5.41, 5.74) is 1.20. The molecule has 88 valence electrons. The average Bonchev–Trinajstić information content (AvgIpc) is 2.34. The van der Waals surface area contributed by atoms with E-state index in [1.807, 2.05) is 37.3 Å². The predicted octanol–water partition coefficient (Wildman–Crippen LogP) is 4.45. The maximum absolute atomic E-state index is 5.94. The Balaban J connectivity index is 2.21. The molecule has 0 N–H and O–H groups in total. The van der Waals surface area contributed by atoms with Gasteiger partial charge >= 0.3 is 0 Å². The van der Waals surface area contributed by atoms with Gasteiger partial charge < -0.3 is 9.47 Å². The minimum atomic E-state index is 0.573. The lowest BCUT2D eigenvalue weighted by atomic mass is 10.2. The first-order chi connectivity index (χ1) is 8.19. The van der Waals surface area contributed by atoms with Gasteiger partial charge in [-0.3, -0.25) is 0 Å². The van der Waals surface area contributed by atoms with E-state index >= 15 is 0 Å². The van der Waals surface area contributed by atoms with Crippen LogP contribution in [0, 0.1) is 6.92 Å². The molecule has 0 aliphatic rings. The van der Waals surface area contributed by atoms with Crippen molar-refractivity contribution in [2.24, 2.45) is 0 Å². The van der Waals surface area contributed by atoms with Crippen molar-refractivity contribution in [3.8, 4) is 17.2 Å². The molecule has 0 saturated carbocycles. The van der Waals surface area contributed by atoms with Crippen LogP contribution in [0.1, 0.15) is 5.56 Å². The van der Waals surface area contributed by atoms with Gasteiger partial charge in [-0.15, -0.1) is 0 Å². The number of rotatable bonds is 3. The fourth-order valence-corrected chi connectivity index (χ4v) is 1.64. The summed E-state index contributed by atoms with van der Waals surface area (Å²) in [5, 5.41) is 0.573.